The lowest BCUT2D eigenvalue weighted by Gasteiger charge is -2.28. The van der Waals surface area contributed by atoms with Crippen LogP contribution in [0.5, 0.6) is 0 Å². The van der Waals surface area contributed by atoms with Crippen molar-refractivity contribution in [3.8, 4) is 0 Å². The zero-order valence-corrected chi connectivity index (χ0v) is 13.3. The Balaban J connectivity index is 4.20. The van der Waals surface area contributed by atoms with Crippen molar-refractivity contribution in [1.29, 1.82) is 0 Å². The van der Waals surface area contributed by atoms with Crippen molar-refractivity contribution >= 4 is 0 Å². The minimum Gasteiger partial charge on any atom is -0.383 e. The summed E-state index contributed by atoms with van der Waals surface area (Å²) in [4.78, 5) is 0. The summed E-state index contributed by atoms with van der Waals surface area (Å²) in [5.41, 5.74) is -2.31. The molecular weight excluding hydrogens is 272 g/mol. The molecule has 0 aromatic heterocycles. The normalized spacial score (nSPS) is 17.0. The topological polar surface area (TPSA) is 68.2 Å². The first-order chi connectivity index (χ1) is 9.95. The molecule has 0 amide bonds. The summed E-state index contributed by atoms with van der Waals surface area (Å²) in [7, 11) is 0. The van der Waals surface area contributed by atoms with E-state index in [4.69, 9.17) is 14.2 Å². The van der Waals surface area contributed by atoms with Crippen molar-refractivity contribution < 1.29 is 24.4 Å². The van der Waals surface area contributed by atoms with E-state index >= 15 is 0 Å². The molecule has 2 unspecified atom stereocenters. The largest absolute Gasteiger partial charge is 0.383 e. The van der Waals surface area contributed by atoms with E-state index in [1.54, 1.807) is 0 Å². The Hall–Kier alpha value is -0.720. The summed E-state index contributed by atoms with van der Waals surface area (Å²) >= 11 is 0. The highest BCUT2D eigenvalue weighted by molar-refractivity contribution is 4.98. The zero-order valence-electron chi connectivity index (χ0n) is 13.3. The fourth-order valence-corrected chi connectivity index (χ4v) is 1.66. The molecule has 5 heteroatoms. The van der Waals surface area contributed by atoms with E-state index in [2.05, 4.69) is 13.2 Å². The molecule has 0 bridgehead atoms. The summed E-state index contributed by atoms with van der Waals surface area (Å²) in [5.74, 6) is 0. The number of rotatable bonds is 14. The van der Waals surface area contributed by atoms with Gasteiger partial charge in [0.05, 0.1) is 13.2 Å². The first-order valence-corrected chi connectivity index (χ1v) is 7.40. The molecule has 0 fully saturated rings. The van der Waals surface area contributed by atoms with E-state index in [-0.39, 0.29) is 13.2 Å². The first kappa shape index (κ1) is 20.3. The second-order valence-corrected chi connectivity index (χ2v) is 5.00. The third kappa shape index (κ3) is 9.01. The molecule has 0 aliphatic rings. The van der Waals surface area contributed by atoms with Gasteiger partial charge in [0.25, 0.3) is 0 Å². The van der Waals surface area contributed by atoms with Crippen LogP contribution in [0.25, 0.3) is 0 Å². The number of hydrogen-bond acceptors (Lipinski definition) is 5. The average Bonchev–Trinajstić information content (AvgIpc) is 2.48. The highest BCUT2D eigenvalue weighted by Gasteiger charge is 2.27. The summed E-state index contributed by atoms with van der Waals surface area (Å²) in [6.07, 6.45) is 3.68. The van der Waals surface area contributed by atoms with E-state index in [9.17, 15) is 10.2 Å². The van der Waals surface area contributed by atoms with Gasteiger partial charge in [-0.15, -0.1) is 13.2 Å². The van der Waals surface area contributed by atoms with Gasteiger partial charge < -0.3 is 24.4 Å². The molecule has 0 heterocycles. The lowest BCUT2D eigenvalue weighted by atomic mass is 10.0. The number of hydrogen-bond donors (Lipinski definition) is 2. The molecule has 0 saturated heterocycles. The average molecular weight is 302 g/mol. The molecule has 21 heavy (non-hydrogen) atoms. The van der Waals surface area contributed by atoms with E-state index in [0.29, 0.717) is 39.3 Å². The summed E-state index contributed by atoms with van der Waals surface area (Å²) in [5, 5.41) is 20.6. The van der Waals surface area contributed by atoms with Gasteiger partial charge in [-0.05, 0) is 13.8 Å². The predicted molar refractivity (Wildman–Crippen MR) is 83.3 cm³/mol. The molecule has 0 rings (SSSR count). The molecule has 0 aromatic carbocycles. The molecule has 0 radical (unpaired) electrons. The maximum absolute atomic E-state index is 10.3. The second kappa shape index (κ2) is 10.9. The Morgan fingerprint density at radius 2 is 1.19 bits per heavy atom. The molecule has 0 spiro atoms. The van der Waals surface area contributed by atoms with Crippen LogP contribution in [0.3, 0.4) is 0 Å². The summed E-state index contributed by atoms with van der Waals surface area (Å²) in [6, 6.07) is 0. The van der Waals surface area contributed by atoms with Gasteiger partial charge in [-0.3, -0.25) is 0 Å². The van der Waals surface area contributed by atoms with Gasteiger partial charge in [0.15, 0.2) is 0 Å². The van der Waals surface area contributed by atoms with E-state index in [1.165, 1.54) is 12.2 Å². The smallest absolute Gasteiger partial charge is 0.108 e. The molecule has 0 aromatic rings. The minimum absolute atomic E-state index is 0.0500. The molecule has 0 saturated carbocycles. The van der Waals surface area contributed by atoms with Crippen molar-refractivity contribution in [2.24, 2.45) is 0 Å². The van der Waals surface area contributed by atoms with Crippen LogP contribution < -0.4 is 0 Å². The lowest BCUT2D eigenvalue weighted by Crippen LogP contribution is -2.39. The highest BCUT2D eigenvalue weighted by Crippen LogP contribution is 2.17. The Bertz CT molecular complexity index is 266. The van der Waals surface area contributed by atoms with Crippen LogP contribution in [-0.4, -0.2) is 61.1 Å². The number of aliphatic hydroxyl groups is 2. The van der Waals surface area contributed by atoms with Gasteiger partial charge in [-0.25, -0.2) is 0 Å². The molecule has 124 valence electrons. The molecular formula is C16H30O5. The van der Waals surface area contributed by atoms with Crippen molar-refractivity contribution in [2.45, 2.75) is 37.9 Å². The Labute approximate surface area is 128 Å². The van der Waals surface area contributed by atoms with Crippen LogP contribution in [0.1, 0.15) is 26.7 Å². The van der Waals surface area contributed by atoms with Crippen molar-refractivity contribution in [3.05, 3.63) is 25.3 Å². The van der Waals surface area contributed by atoms with Gasteiger partial charge in [-0.2, -0.15) is 0 Å². The van der Waals surface area contributed by atoms with Crippen LogP contribution >= 0.6 is 0 Å². The predicted octanol–water partition coefficient (Wildman–Crippen LogP) is 1.69. The van der Waals surface area contributed by atoms with E-state index < -0.39 is 11.2 Å². The first-order valence-electron chi connectivity index (χ1n) is 7.40. The Morgan fingerprint density at radius 1 is 0.810 bits per heavy atom. The van der Waals surface area contributed by atoms with Gasteiger partial charge in [0.1, 0.15) is 11.2 Å². The van der Waals surface area contributed by atoms with Crippen LogP contribution in [0, 0.1) is 0 Å². The maximum Gasteiger partial charge on any atom is 0.108 e. The zero-order chi connectivity index (χ0) is 16.2. The Morgan fingerprint density at radius 3 is 1.48 bits per heavy atom. The van der Waals surface area contributed by atoms with Gasteiger partial charge in [0.2, 0.25) is 0 Å². The SMILES string of the molecule is C=CC(O)(CCOCC)COCC(O)(C=C)CCOCC. The van der Waals surface area contributed by atoms with Crippen molar-refractivity contribution in [1.82, 2.24) is 0 Å². The third-order valence-corrected chi connectivity index (χ3v) is 3.23. The maximum atomic E-state index is 10.3. The standard InChI is InChI=1S/C16H30O5/c1-5-15(17,9-11-19-7-3)13-21-14-16(18,6-2)10-12-20-8-4/h5-6,17-18H,1-2,7-14H2,3-4H3. The van der Waals surface area contributed by atoms with Crippen LogP contribution in [-0.2, 0) is 14.2 Å². The fourth-order valence-electron chi connectivity index (χ4n) is 1.66. The van der Waals surface area contributed by atoms with Crippen molar-refractivity contribution in [3.63, 3.8) is 0 Å². The molecule has 2 N–H and O–H groups in total. The van der Waals surface area contributed by atoms with Crippen LogP contribution in [0.4, 0.5) is 0 Å². The number of ether oxygens (including phenoxy) is 3. The minimum atomic E-state index is -1.16. The molecule has 2 atom stereocenters. The van der Waals surface area contributed by atoms with E-state index in [0.717, 1.165) is 0 Å². The summed E-state index contributed by atoms with van der Waals surface area (Å²) in [6.45, 7) is 13.2. The van der Waals surface area contributed by atoms with Gasteiger partial charge in [-0.1, -0.05) is 12.2 Å². The van der Waals surface area contributed by atoms with Gasteiger partial charge >= 0.3 is 0 Å². The van der Waals surface area contributed by atoms with E-state index in [1.807, 2.05) is 13.8 Å². The monoisotopic (exact) mass is 302 g/mol. The molecule has 5 nitrogen and oxygen atoms in total. The van der Waals surface area contributed by atoms with Crippen LogP contribution in [0.2, 0.25) is 0 Å². The quantitative estimate of drug-likeness (QED) is 0.377. The lowest BCUT2D eigenvalue weighted by molar-refractivity contribution is -0.0790. The second-order valence-electron chi connectivity index (χ2n) is 5.00. The fraction of sp³-hybridized carbons (Fsp3) is 0.750. The Kier molecular flexibility index (Phi) is 10.6. The molecule has 0 aliphatic heterocycles. The summed E-state index contributed by atoms with van der Waals surface area (Å²) < 4.78 is 15.9. The third-order valence-electron chi connectivity index (χ3n) is 3.23. The van der Waals surface area contributed by atoms with Crippen LogP contribution in [0.15, 0.2) is 25.3 Å². The highest BCUT2D eigenvalue weighted by atomic mass is 16.5. The molecule has 0 aliphatic carbocycles. The van der Waals surface area contributed by atoms with Gasteiger partial charge in [0, 0.05) is 39.3 Å². The van der Waals surface area contributed by atoms with Crippen molar-refractivity contribution in [2.75, 3.05) is 39.6 Å².